The van der Waals surface area contributed by atoms with Crippen LogP contribution in [0.2, 0.25) is 0 Å². The molecule has 132 valence electrons. The van der Waals surface area contributed by atoms with Crippen molar-refractivity contribution in [3.63, 3.8) is 0 Å². The smallest absolute Gasteiger partial charge is 0.337 e. The van der Waals surface area contributed by atoms with E-state index in [0.29, 0.717) is 17.3 Å². The molecule has 0 saturated carbocycles. The first kappa shape index (κ1) is 17.3. The van der Waals surface area contributed by atoms with Crippen molar-refractivity contribution in [3.8, 4) is 0 Å². The lowest BCUT2D eigenvalue weighted by Crippen LogP contribution is -2.04. The summed E-state index contributed by atoms with van der Waals surface area (Å²) in [6.45, 7) is 4.09. The number of nitrogens with zero attached hydrogens (tertiary/aromatic N) is 3. The van der Waals surface area contributed by atoms with Crippen molar-refractivity contribution in [3.05, 3.63) is 65.4 Å². The standard InChI is InChI=1S/C19H19N5O2/c1-12-5-4-6-16(13(12)2)22-19-23-17(11-20-24-19)21-15-9-7-14(8-10-15)18(25)26-3/h4-11H,1-3H3,(H2,21,22,23,24). The van der Waals surface area contributed by atoms with E-state index in [1.807, 2.05) is 19.1 Å². The molecule has 0 aliphatic rings. The van der Waals surface area contributed by atoms with Crippen LogP contribution in [0.25, 0.3) is 0 Å². The number of esters is 1. The highest BCUT2D eigenvalue weighted by Gasteiger charge is 2.07. The molecular formula is C19H19N5O2. The summed E-state index contributed by atoms with van der Waals surface area (Å²) in [5, 5.41) is 14.3. The number of hydrogen-bond donors (Lipinski definition) is 2. The molecule has 0 unspecified atom stereocenters. The van der Waals surface area contributed by atoms with Crippen LogP contribution in [0.15, 0.2) is 48.7 Å². The third-order valence-electron chi connectivity index (χ3n) is 3.99. The monoisotopic (exact) mass is 349 g/mol. The quantitative estimate of drug-likeness (QED) is 0.678. The number of aromatic nitrogens is 3. The van der Waals surface area contributed by atoms with Gasteiger partial charge in [0.05, 0.1) is 18.9 Å². The average Bonchev–Trinajstić information content (AvgIpc) is 2.66. The second-order valence-electron chi connectivity index (χ2n) is 5.73. The lowest BCUT2D eigenvalue weighted by molar-refractivity contribution is 0.0601. The van der Waals surface area contributed by atoms with Gasteiger partial charge in [0, 0.05) is 11.4 Å². The first-order valence-corrected chi connectivity index (χ1v) is 8.05. The number of benzene rings is 2. The maximum atomic E-state index is 11.5. The van der Waals surface area contributed by atoms with Gasteiger partial charge in [0.2, 0.25) is 5.95 Å². The number of carbonyl (C=O) groups excluding carboxylic acids is 1. The highest BCUT2D eigenvalue weighted by Crippen LogP contribution is 2.22. The Kier molecular flexibility index (Phi) is 5.07. The lowest BCUT2D eigenvalue weighted by Gasteiger charge is -2.11. The minimum Gasteiger partial charge on any atom is -0.465 e. The maximum absolute atomic E-state index is 11.5. The fourth-order valence-corrected chi connectivity index (χ4v) is 2.38. The number of carbonyl (C=O) groups is 1. The number of ether oxygens (including phenoxy) is 1. The van der Waals surface area contributed by atoms with Crippen molar-refractivity contribution in [2.24, 2.45) is 0 Å². The molecule has 0 saturated heterocycles. The van der Waals surface area contributed by atoms with E-state index in [4.69, 9.17) is 0 Å². The molecule has 2 N–H and O–H groups in total. The van der Waals surface area contributed by atoms with E-state index >= 15 is 0 Å². The van der Waals surface area contributed by atoms with Crippen molar-refractivity contribution in [2.75, 3.05) is 17.7 Å². The van der Waals surface area contributed by atoms with Crippen molar-refractivity contribution in [1.82, 2.24) is 15.2 Å². The molecule has 0 bridgehead atoms. The summed E-state index contributed by atoms with van der Waals surface area (Å²) in [4.78, 5) is 15.9. The van der Waals surface area contributed by atoms with Gasteiger partial charge in [-0.15, -0.1) is 5.10 Å². The number of nitrogens with one attached hydrogen (secondary N) is 2. The predicted octanol–water partition coefficient (Wildman–Crippen LogP) is 3.76. The van der Waals surface area contributed by atoms with Crippen LogP contribution in [0.3, 0.4) is 0 Å². The second kappa shape index (κ2) is 7.60. The van der Waals surface area contributed by atoms with E-state index in [1.54, 1.807) is 24.3 Å². The molecule has 0 atom stereocenters. The summed E-state index contributed by atoms with van der Waals surface area (Å²) in [6, 6.07) is 12.9. The van der Waals surface area contributed by atoms with Crippen LogP contribution in [0.5, 0.6) is 0 Å². The Bertz CT molecular complexity index is 925. The lowest BCUT2D eigenvalue weighted by atomic mass is 10.1. The summed E-state index contributed by atoms with van der Waals surface area (Å²) in [5.74, 6) is 0.564. The largest absolute Gasteiger partial charge is 0.465 e. The van der Waals surface area contributed by atoms with Crippen LogP contribution < -0.4 is 10.6 Å². The summed E-state index contributed by atoms with van der Waals surface area (Å²) in [5.41, 5.74) is 4.51. The summed E-state index contributed by atoms with van der Waals surface area (Å²) < 4.78 is 4.69. The molecule has 2 aromatic carbocycles. The summed E-state index contributed by atoms with van der Waals surface area (Å²) >= 11 is 0. The molecule has 1 aromatic heterocycles. The third-order valence-corrected chi connectivity index (χ3v) is 3.99. The molecule has 7 heteroatoms. The van der Waals surface area contributed by atoms with Gasteiger partial charge in [-0.25, -0.2) is 4.79 Å². The van der Waals surface area contributed by atoms with E-state index in [0.717, 1.165) is 16.9 Å². The molecule has 0 spiro atoms. The molecule has 1 heterocycles. The van der Waals surface area contributed by atoms with Crippen molar-refractivity contribution >= 4 is 29.1 Å². The number of aryl methyl sites for hydroxylation is 1. The zero-order chi connectivity index (χ0) is 18.5. The molecule has 0 fully saturated rings. The Morgan fingerprint density at radius 1 is 1.04 bits per heavy atom. The van der Waals surface area contributed by atoms with Gasteiger partial charge in [-0.2, -0.15) is 10.1 Å². The highest BCUT2D eigenvalue weighted by molar-refractivity contribution is 5.89. The van der Waals surface area contributed by atoms with E-state index < -0.39 is 0 Å². The van der Waals surface area contributed by atoms with Gasteiger partial charge in [-0.05, 0) is 55.3 Å². The Balaban J connectivity index is 1.75. The van der Waals surface area contributed by atoms with Crippen LogP contribution >= 0.6 is 0 Å². The van der Waals surface area contributed by atoms with E-state index in [1.165, 1.54) is 18.9 Å². The Morgan fingerprint density at radius 3 is 2.54 bits per heavy atom. The van der Waals surface area contributed by atoms with Gasteiger partial charge in [0.15, 0.2) is 5.82 Å². The minimum atomic E-state index is -0.375. The molecule has 3 aromatic rings. The summed E-state index contributed by atoms with van der Waals surface area (Å²) in [6.07, 6.45) is 1.53. The van der Waals surface area contributed by atoms with Crippen LogP contribution in [0.1, 0.15) is 21.5 Å². The molecule has 0 amide bonds. The van der Waals surface area contributed by atoms with E-state index in [2.05, 4.69) is 43.5 Å². The third kappa shape index (κ3) is 3.94. The van der Waals surface area contributed by atoms with Gasteiger partial charge in [0.1, 0.15) is 0 Å². The Hall–Kier alpha value is -3.48. The molecule has 0 radical (unpaired) electrons. The molecule has 0 aliphatic carbocycles. The van der Waals surface area contributed by atoms with Crippen LogP contribution in [0.4, 0.5) is 23.1 Å². The average molecular weight is 349 g/mol. The molecule has 0 aliphatic heterocycles. The fraction of sp³-hybridized carbons (Fsp3) is 0.158. The SMILES string of the molecule is COC(=O)c1ccc(Nc2cnnc(Nc3cccc(C)c3C)n2)cc1. The van der Waals surface area contributed by atoms with Crippen molar-refractivity contribution in [2.45, 2.75) is 13.8 Å². The normalized spacial score (nSPS) is 10.3. The van der Waals surface area contributed by atoms with Crippen molar-refractivity contribution in [1.29, 1.82) is 0 Å². The molecule has 7 nitrogen and oxygen atoms in total. The van der Waals surface area contributed by atoms with Gasteiger partial charge < -0.3 is 15.4 Å². The number of rotatable bonds is 5. The van der Waals surface area contributed by atoms with Crippen LogP contribution in [0, 0.1) is 13.8 Å². The Labute approximate surface area is 151 Å². The molecule has 3 rings (SSSR count). The van der Waals surface area contributed by atoms with E-state index in [9.17, 15) is 4.79 Å². The zero-order valence-electron chi connectivity index (χ0n) is 14.8. The van der Waals surface area contributed by atoms with Crippen molar-refractivity contribution < 1.29 is 9.53 Å². The number of methoxy groups -OCH3 is 1. The zero-order valence-corrected chi connectivity index (χ0v) is 14.8. The maximum Gasteiger partial charge on any atom is 0.337 e. The van der Waals surface area contributed by atoms with Crippen LogP contribution in [-0.2, 0) is 4.74 Å². The van der Waals surface area contributed by atoms with Gasteiger partial charge >= 0.3 is 5.97 Å². The minimum absolute atomic E-state index is 0.375. The Morgan fingerprint density at radius 2 is 1.81 bits per heavy atom. The van der Waals surface area contributed by atoms with E-state index in [-0.39, 0.29) is 5.97 Å². The molecular weight excluding hydrogens is 330 g/mol. The summed E-state index contributed by atoms with van der Waals surface area (Å²) in [7, 11) is 1.35. The first-order chi connectivity index (χ1) is 12.6. The predicted molar refractivity (Wildman–Crippen MR) is 100 cm³/mol. The highest BCUT2D eigenvalue weighted by atomic mass is 16.5. The fourth-order valence-electron chi connectivity index (χ4n) is 2.38. The topological polar surface area (TPSA) is 89.0 Å². The second-order valence-corrected chi connectivity index (χ2v) is 5.73. The van der Waals surface area contributed by atoms with Gasteiger partial charge in [-0.1, -0.05) is 12.1 Å². The molecule has 26 heavy (non-hydrogen) atoms. The number of anilines is 4. The van der Waals surface area contributed by atoms with Gasteiger partial charge in [-0.3, -0.25) is 0 Å². The number of hydrogen-bond acceptors (Lipinski definition) is 7. The van der Waals surface area contributed by atoms with Gasteiger partial charge in [0.25, 0.3) is 0 Å². The first-order valence-electron chi connectivity index (χ1n) is 8.05. The van der Waals surface area contributed by atoms with Crippen LogP contribution in [-0.4, -0.2) is 28.3 Å².